The molecule has 1 saturated heterocycles. The highest BCUT2D eigenvalue weighted by Gasteiger charge is 2.27. The highest BCUT2D eigenvalue weighted by atomic mass is 16.6. The van der Waals surface area contributed by atoms with Crippen LogP contribution in [0.1, 0.15) is 33.0 Å². The Morgan fingerprint density at radius 2 is 1.83 bits per heavy atom. The highest BCUT2D eigenvalue weighted by Crippen LogP contribution is 2.13. The van der Waals surface area contributed by atoms with Gasteiger partial charge in [-0.25, -0.2) is 14.6 Å². The smallest absolute Gasteiger partial charge is 0.410 e. The first kappa shape index (κ1) is 22.1. The van der Waals surface area contributed by atoms with Crippen LogP contribution in [0.15, 0.2) is 9.59 Å². The van der Waals surface area contributed by atoms with Gasteiger partial charge in [0.15, 0.2) is 17.0 Å². The summed E-state index contributed by atoms with van der Waals surface area (Å²) in [5.41, 5.74) is 0.243. The molecule has 2 aromatic heterocycles. The number of amides is 1. The van der Waals surface area contributed by atoms with Gasteiger partial charge in [0.1, 0.15) is 6.54 Å². The zero-order valence-corrected chi connectivity index (χ0v) is 18.6. The van der Waals surface area contributed by atoms with E-state index in [-0.39, 0.29) is 17.3 Å². The lowest BCUT2D eigenvalue weighted by Gasteiger charge is -2.31. The Kier molecular flexibility index (Phi) is 6.64. The quantitative estimate of drug-likeness (QED) is 0.668. The first-order valence-electron chi connectivity index (χ1n) is 10.6. The molecule has 3 rings (SSSR count). The monoisotopic (exact) mass is 421 g/mol. The summed E-state index contributed by atoms with van der Waals surface area (Å²) in [5.74, 6) is 1.29. The van der Waals surface area contributed by atoms with Gasteiger partial charge < -0.3 is 14.2 Å². The van der Waals surface area contributed by atoms with Crippen LogP contribution in [0.3, 0.4) is 0 Å². The zero-order valence-electron chi connectivity index (χ0n) is 18.6. The Morgan fingerprint density at radius 3 is 2.43 bits per heavy atom. The van der Waals surface area contributed by atoms with Crippen molar-refractivity contribution in [1.29, 1.82) is 0 Å². The predicted octanol–water partition coefficient (Wildman–Crippen LogP) is -0.663. The van der Waals surface area contributed by atoms with Crippen LogP contribution in [0.4, 0.5) is 4.79 Å². The number of carbonyl (C=O) groups is 1. The standard InChI is InChI=1S/C20H32N6O4/c1-6-30-20(29)25-11-9-24(10-12-25)13-15-21-17-16(26(15)8-7-14(2)3)18(27)23(5)19(28)22(17)4/h14H,6-13H2,1-5H3/p+1. The normalized spacial score (nSPS) is 15.3. The maximum Gasteiger partial charge on any atom is 0.410 e. The van der Waals surface area contributed by atoms with Gasteiger partial charge in [0.25, 0.3) is 5.56 Å². The van der Waals surface area contributed by atoms with Crippen LogP contribution in [0.25, 0.3) is 11.2 Å². The molecule has 0 aromatic carbocycles. The van der Waals surface area contributed by atoms with Crippen LogP contribution >= 0.6 is 0 Å². The summed E-state index contributed by atoms with van der Waals surface area (Å²) in [7, 11) is 3.15. The van der Waals surface area contributed by atoms with Gasteiger partial charge in [0.05, 0.1) is 32.8 Å². The number of ether oxygens (including phenoxy) is 1. The average Bonchev–Trinajstić information content (AvgIpc) is 3.08. The number of aromatic nitrogens is 4. The molecule has 10 nitrogen and oxygen atoms in total. The van der Waals surface area contributed by atoms with Crippen molar-refractivity contribution in [3.63, 3.8) is 0 Å². The Balaban J connectivity index is 1.90. The highest BCUT2D eigenvalue weighted by molar-refractivity contribution is 5.71. The molecule has 10 heteroatoms. The van der Waals surface area contributed by atoms with Crippen molar-refractivity contribution in [2.24, 2.45) is 20.0 Å². The second kappa shape index (κ2) is 9.03. The largest absolute Gasteiger partial charge is 0.450 e. The molecule has 0 spiro atoms. The minimum atomic E-state index is -0.372. The van der Waals surface area contributed by atoms with Crippen molar-refractivity contribution < 1.29 is 14.4 Å². The molecule has 0 aliphatic carbocycles. The van der Waals surface area contributed by atoms with Crippen LogP contribution < -0.4 is 16.1 Å². The van der Waals surface area contributed by atoms with Crippen LogP contribution in [-0.2, 0) is 31.9 Å². The SMILES string of the molecule is CCOC(=O)N1CC[NH+](Cc2nc3c(c(=O)n(C)c(=O)n3C)n2CCC(C)C)CC1. The summed E-state index contributed by atoms with van der Waals surface area (Å²) in [4.78, 5) is 44.9. The van der Waals surface area contributed by atoms with Crippen LogP contribution in [0, 0.1) is 5.92 Å². The molecule has 0 saturated carbocycles. The summed E-state index contributed by atoms with van der Waals surface area (Å²) in [5, 5.41) is 0. The first-order chi connectivity index (χ1) is 14.2. The molecule has 0 radical (unpaired) electrons. The van der Waals surface area contributed by atoms with E-state index in [0.29, 0.717) is 49.9 Å². The van der Waals surface area contributed by atoms with E-state index in [4.69, 9.17) is 9.72 Å². The topological polar surface area (TPSA) is 95.8 Å². The zero-order chi connectivity index (χ0) is 22.0. The van der Waals surface area contributed by atoms with Gasteiger partial charge in [0, 0.05) is 20.6 Å². The number of rotatable bonds is 6. The molecular formula is C20H33N6O4+. The maximum absolute atomic E-state index is 12.9. The summed E-state index contributed by atoms with van der Waals surface area (Å²) >= 11 is 0. The van der Waals surface area contributed by atoms with Gasteiger partial charge in [-0.2, -0.15) is 0 Å². The number of aryl methyl sites for hydroxylation is 2. The lowest BCUT2D eigenvalue weighted by molar-refractivity contribution is -0.918. The number of fused-ring (bicyclic) bond motifs is 1. The van der Waals surface area contributed by atoms with Crippen LogP contribution in [-0.4, -0.2) is 62.5 Å². The molecule has 1 amide bonds. The molecule has 1 aliphatic heterocycles. The Bertz CT molecular complexity index is 1030. The molecule has 1 aliphatic rings. The van der Waals surface area contributed by atoms with E-state index in [1.165, 1.54) is 16.5 Å². The Labute approximate surface area is 175 Å². The van der Waals surface area contributed by atoms with Crippen LogP contribution in [0.5, 0.6) is 0 Å². The van der Waals surface area contributed by atoms with Crippen molar-refractivity contribution in [2.45, 2.75) is 40.3 Å². The van der Waals surface area contributed by atoms with E-state index in [9.17, 15) is 14.4 Å². The molecule has 166 valence electrons. The van der Waals surface area contributed by atoms with Crippen molar-refractivity contribution in [2.75, 3.05) is 32.8 Å². The molecular weight excluding hydrogens is 388 g/mol. The van der Waals surface area contributed by atoms with Gasteiger partial charge in [-0.1, -0.05) is 13.8 Å². The maximum atomic E-state index is 12.9. The summed E-state index contributed by atoms with van der Waals surface area (Å²) in [6, 6.07) is 0. The third kappa shape index (κ3) is 4.28. The molecule has 30 heavy (non-hydrogen) atoms. The molecule has 3 heterocycles. The second-order valence-electron chi connectivity index (χ2n) is 8.35. The van der Waals surface area contributed by atoms with E-state index >= 15 is 0 Å². The van der Waals surface area contributed by atoms with Crippen molar-refractivity contribution in [3.8, 4) is 0 Å². The third-order valence-corrected chi connectivity index (χ3v) is 5.76. The van der Waals surface area contributed by atoms with Gasteiger partial charge in [-0.15, -0.1) is 0 Å². The van der Waals surface area contributed by atoms with Gasteiger partial charge in [-0.05, 0) is 19.3 Å². The number of piperazine rings is 1. The number of carbonyl (C=O) groups excluding carboxylic acids is 1. The number of quaternary nitrogens is 1. The molecule has 1 fully saturated rings. The summed E-state index contributed by atoms with van der Waals surface area (Å²) < 4.78 is 9.66. The molecule has 0 unspecified atom stereocenters. The average molecular weight is 422 g/mol. The van der Waals surface area contributed by atoms with Gasteiger partial charge in [-0.3, -0.25) is 18.8 Å². The minimum absolute atomic E-state index is 0.265. The van der Waals surface area contributed by atoms with Crippen molar-refractivity contribution in [1.82, 2.24) is 23.6 Å². The summed E-state index contributed by atoms with van der Waals surface area (Å²) in [6.07, 6.45) is 0.649. The number of nitrogens with one attached hydrogen (secondary N) is 1. The number of hydrogen-bond acceptors (Lipinski definition) is 5. The molecule has 0 atom stereocenters. The third-order valence-electron chi connectivity index (χ3n) is 5.76. The van der Waals surface area contributed by atoms with E-state index in [0.717, 1.165) is 29.9 Å². The lowest BCUT2D eigenvalue weighted by Crippen LogP contribution is -3.13. The van der Waals surface area contributed by atoms with E-state index in [2.05, 4.69) is 13.8 Å². The molecule has 1 N–H and O–H groups in total. The van der Waals surface area contributed by atoms with Crippen molar-refractivity contribution in [3.05, 3.63) is 26.7 Å². The number of hydrogen-bond donors (Lipinski definition) is 1. The van der Waals surface area contributed by atoms with Gasteiger partial charge >= 0.3 is 11.8 Å². The van der Waals surface area contributed by atoms with E-state index < -0.39 is 0 Å². The number of imidazole rings is 1. The Hall–Kier alpha value is -2.62. The fourth-order valence-corrected chi connectivity index (χ4v) is 3.88. The number of nitrogens with zero attached hydrogens (tertiary/aromatic N) is 5. The van der Waals surface area contributed by atoms with E-state index in [1.54, 1.807) is 18.9 Å². The predicted molar refractivity (Wildman–Crippen MR) is 113 cm³/mol. The summed E-state index contributed by atoms with van der Waals surface area (Å²) in [6.45, 7) is 10.6. The fraction of sp³-hybridized carbons (Fsp3) is 0.700. The molecule has 2 aromatic rings. The van der Waals surface area contributed by atoms with E-state index in [1.807, 2.05) is 4.57 Å². The Morgan fingerprint density at radius 1 is 1.17 bits per heavy atom. The minimum Gasteiger partial charge on any atom is -0.450 e. The van der Waals surface area contributed by atoms with Gasteiger partial charge in [0.2, 0.25) is 0 Å². The second-order valence-corrected chi connectivity index (χ2v) is 8.35. The molecule has 0 bridgehead atoms. The fourth-order valence-electron chi connectivity index (χ4n) is 3.88. The van der Waals surface area contributed by atoms with Crippen LogP contribution in [0.2, 0.25) is 0 Å². The lowest BCUT2D eigenvalue weighted by atomic mass is 10.1. The first-order valence-corrected chi connectivity index (χ1v) is 10.6. The van der Waals surface area contributed by atoms with Crippen molar-refractivity contribution >= 4 is 17.3 Å².